The molecular formula is C15H20N4O2. The van der Waals surface area contributed by atoms with E-state index in [0.717, 1.165) is 32.4 Å². The van der Waals surface area contributed by atoms with Gasteiger partial charge >= 0.3 is 6.03 Å². The van der Waals surface area contributed by atoms with Crippen LogP contribution in [-0.2, 0) is 4.79 Å². The Balaban J connectivity index is 1.54. The first kappa shape index (κ1) is 13.9. The van der Waals surface area contributed by atoms with Crippen molar-refractivity contribution in [3.63, 3.8) is 0 Å². The van der Waals surface area contributed by atoms with Gasteiger partial charge in [0.15, 0.2) is 0 Å². The molecule has 112 valence electrons. The lowest BCUT2D eigenvalue weighted by atomic mass is 10.2. The number of hydrogen-bond donors (Lipinski definition) is 4. The number of hydrogen-bond acceptors (Lipinski definition) is 3. The first-order valence-electron chi connectivity index (χ1n) is 7.40. The highest BCUT2D eigenvalue weighted by atomic mass is 16.2. The fraction of sp³-hybridized carbons (Fsp3) is 0.467. The van der Waals surface area contributed by atoms with Crippen LogP contribution in [0, 0.1) is 5.92 Å². The highest BCUT2D eigenvalue weighted by Crippen LogP contribution is 2.30. The van der Waals surface area contributed by atoms with Crippen molar-refractivity contribution in [1.29, 1.82) is 0 Å². The van der Waals surface area contributed by atoms with E-state index in [1.165, 1.54) is 0 Å². The molecule has 2 fully saturated rings. The number of anilines is 2. The summed E-state index contributed by atoms with van der Waals surface area (Å²) in [4.78, 5) is 23.6. The average molecular weight is 288 g/mol. The van der Waals surface area contributed by atoms with Crippen LogP contribution in [0.5, 0.6) is 0 Å². The van der Waals surface area contributed by atoms with Crippen molar-refractivity contribution in [1.82, 2.24) is 10.6 Å². The van der Waals surface area contributed by atoms with Gasteiger partial charge in [0.25, 0.3) is 0 Å². The van der Waals surface area contributed by atoms with Gasteiger partial charge in [0.2, 0.25) is 5.91 Å². The second-order valence-corrected chi connectivity index (χ2v) is 5.63. The molecule has 0 spiro atoms. The van der Waals surface area contributed by atoms with Crippen molar-refractivity contribution in [3.8, 4) is 0 Å². The number of rotatable bonds is 4. The molecule has 1 saturated carbocycles. The number of carbonyl (C=O) groups excluding carboxylic acids is 2. The molecule has 2 aliphatic rings. The molecule has 1 saturated heterocycles. The third-order valence-corrected chi connectivity index (χ3v) is 3.73. The maximum absolute atomic E-state index is 11.9. The number of benzene rings is 1. The summed E-state index contributed by atoms with van der Waals surface area (Å²) in [6, 6.07) is 7.18. The first-order chi connectivity index (χ1) is 10.2. The monoisotopic (exact) mass is 288 g/mol. The van der Waals surface area contributed by atoms with E-state index < -0.39 is 0 Å². The van der Waals surface area contributed by atoms with Crippen LogP contribution in [0.25, 0.3) is 0 Å². The third kappa shape index (κ3) is 3.95. The fourth-order valence-electron chi connectivity index (χ4n) is 2.39. The standard InChI is InChI=1S/C15H20N4O2/c20-14(10-4-5-10)17-11-2-1-3-12(8-11)18-15(21)19-13-6-7-16-9-13/h1-3,8,10,13,16H,4-7,9H2,(H,17,20)(H2,18,19,21). The van der Waals surface area contributed by atoms with Gasteiger partial charge in [-0.15, -0.1) is 0 Å². The zero-order valence-electron chi connectivity index (χ0n) is 11.8. The Hall–Kier alpha value is -2.08. The second-order valence-electron chi connectivity index (χ2n) is 5.63. The zero-order chi connectivity index (χ0) is 14.7. The number of carbonyl (C=O) groups is 2. The molecule has 6 nitrogen and oxygen atoms in total. The van der Waals surface area contributed by atoms with Crippen molar-refractivity contribution in [2.45, 2.75) is 25.3 Å². The smallest absolute Gasteiger partial charge is 0.319 e. The quantitative estimate of drug-likeness (QED) is 0.678. The van der Waals surface area contributed by atoms with Crippen molar-refractivity contribution in [2.75, 3.05) is 23.7 Å². The maximum Gasteiger partial charge on any atom is 0.319 e. The van der Waals surface area contributed by atoms with Gasteiger partial charge in [0, 0.05) is 29.9 Å². The molecule has 0 bridgehead atoms. The molecule has 1 aromatic rings. The van der Waals surface area contributed by atoms with Crippen molar-refractivity contribution < 1.29 is 9.59 Å². The second kappa shape index (κ2) is 6.13. The summed E-state index contributed by atoms with van der Waals surface area (Å²) >= 11 is 0. The van der Waals surface area contributed by atoms with E-state index in [1.54, 1.807) is 12.1 Å². The van der Waals surface area contributed by atoms with E-state index in [0.29, 0.717) is 11.4 Å². The Morgan fingerprint density at radius 2 is 1.86 bits per heavy atom. The summed E-state index contributed by atoms with van der Waals surface area (Å²) < 4.78 is 0. The van der Waals surface area contributed by atoms with Crippen molar-refractivity contribution in [3.05, 3.63) is 24.3 Å². The molecule has 3 rings (SSSR count). The van der Waals surface area contributed by atoms with Gasteiger partial charge in [0.05, 0.1) is 0 Å². The minimum atomic E-state index is -0.214. The molecule has 1 aliphatic heterocycles. The summed E-state index contributed by atoms with van der Waals surface area (Å²) in [5, 5.41) is 11.8. The Kier molecular flexibility index (Phi) is 4.06. The predicted octanol–water partition coefficient (Wildman–Crippen LogP) is 1.52. The molecular weight excluding hydrogens is 268 g/mol. The van der Waals surface area contributed by atoms with E-state index in [2.05, 4.69) is 21.3 Å². The van der Waals surface area contributed by atoms with Gasteiger partial charge in [0.1, 0.15) is 0 Å². The molecule has 1 aliphatic carbocycles. The average Bonchev–Trinajstić information content (AvgIpc) is 3.19. The Morgan fingerprint density at radius 3 is 2.52 bits per heavy atom. The van der Waals surface area contributed by atoms with Crippen molar-refractivity contribution >= 4 is 23.3 Å². The summed E-state index contributed by atoms with van der Waals surface area (Å²) in [5.41, 5.74) is 1.39. The minimum absolute atomic E-state index is 0.0635. The zero-order valence-corrected chi connectivity index (χ0v) is 11.8. The van der Waals surface area contributed by atoms with Crippen LogP contribution in [0.3, 0.4) is 0 Å². The molecule has 0 radical (unpaired) electrons. The minimum Gasteiger partial charge on any atom is -0.334 e. The molecule has 0 aromatic heterocycles. The summed E-state index contributed by atoms with van der Waals surface area (Å²) in [6.45, 7) is 1.75. The molecule has 21 heavy (non-hydrogen) atoms. The SMILES string of the molecule is O=C(Nc1cccc(NC(=O)C2CC2)c1)NC1CCNC1. The van der Waals surface area contributed by atoms with Crippen LogP contribution in [-0.4, -0.2) is 31.1 Å². The van der Waals surface area contributed by atoms with Crippen molar-refractivity contribution in [2.24, 2.45) is 5.92 Å². The summed E-state index contributed by atoms with van der Waals surface area (Å²) in [5.74, 6) is 0.230. The van der Waals surface area contributed by atoms with Crippen LogP contribution in [0.2, 0.25) is 0 Å². The Bertz CT molecular complexity index is 536. The normalized spacial score (nSPS) is 20.9. The topological polar surface area (TPSA) is 82.3 Å². The molecule has 1 heterocycles. The van der Waals surface area contributed by atoms with Crippen LogP contribution in [0.15, 0.2) is 24.3 Å². The van der Waals surface area contributed by atoms with Gasteiger partial charge in [-0.2, -0.15) is 0 Å². The molecule has 1 aromatic carbocycles. The lowest BCUT2D eigenvalue weighted by Crippen LogP contribution is -2.39. The van der Waals surface area contributed by atoms with Crippen LogP contribution in [0.1, 0.15) is 19.3 Å². The number of nitrogens with one attached hydrogen (secondary N) is 4. The fourth-order valence-corrected chi connectivity index (χ4v) is 2.39. The Labute approximate surface area is 123 Å². The molecule has 4 N–H and O–H groups in total. The number of amides is 3. The van der Waals surface area contributed by atoms with Gasteiger partial charge < -0.3 is 21.3 Å². The van der Waals surface area contributed by atoms with E-state index >= 15 is 0 Å². The highest BCUT2D eigenvalue weighted by molar-refractivity contribution is 5.95. The van der Waals surface area contributed by atoms with Crippen LogP contribution >= 0.6 is 0 Å². The van der Waals surface area contributed by atoms with E-state index in [-0.39, 0.29) is 23.9 Å². The maximum atomic E-state index is 11.9. The molecule has 1 unspecified atom stereocenters. The van der Waals surface area contributed by atoms with E-state index in [1.807, 2.05) is 12.1 Å². The van der Waals surface area contributed by atoms with Crippen LogP contribution in [0.4, 0.5) is 16.2 Å². The van der Waals surface area contributed by atoms with Gasteiger partial charge in [-0.3, -0.25) is 4.79 Å². The highest BCUT2D eigenvalue weighted by Gasteiger charge is 2.29. The molecule has 1 atom stereocenters. The lowest BCUT2D eigenvalue weighted by Gasteiger charge is -2.13. The number of urea groups is 1. The summed E-state index contributed by atoms with van der Waals surface area (Å²) in [6.07, 6.45) is 2.90. The Morgan fingerprint density at radius 1 is 1.10 bits per heavy atom. The first-order valence-corrected chi connectivity index (χ1v) is 7.40. The van der Waals surface area contributed by atoms with Gasteiger partial charge in [-0.1, -0.05) is 6.07 Å². The summed E-state index contributed by atoms with van der Waals surface area (Å²) in [7, 11) is 0. The van der Waals surface area contributed by atoms with Gasteiger partial charge in [-0.05, 0) is 44.0 Å². The molecule has 3 amide bonds. The van der Waals surface area contributed by atoms with E-state index in [9.17, 15) is 9.59 Å². The third-order valence-electron chi connectivity index (χ3n) is 3.73. The largest absolute Gasteiger partial charge is 0.334 e. The van der Waals surface area contributed by atoms with E-state index in [4.69, 9.17) is 0 Å². The predicted molar refractivity (Wildman–Crippen MR) is 81.2 cm³/mol. The molecule has 6 heteroatoms. The van der Waals surface area contributed by atoms with Gasteiger partial charge in [-0.25, -0.2) is 4.79 Å². The lowest BCUT2D eigenvalue weighted by molar-refractivity contribution is -0.117. The van der Waals surface area contributed by atoms with Crippen LogP contribution < -0.4 is 21.3 Å².